The van der Waals surface area contributed by atoms with Gasteiger partial charge in [0.1, 0.15) is 11.8 Å². The summed E-state index contributed by atoms with van der Waals surface area (Å²) in [5.41, 5.74) is 3.59. The Kier molecular flexibility index (Phi) is 6.47. The maximum absolute atomic E-state index is 5.50. The molecule has 138 valence electrons. The number of ether oxygens (including phenoxy) is 1. The van der Waals surface area contributed by atoms with Crippen LogP contribution in [0.4, 0.5) is 5.69 Å². The van der Waals surface area contributed by atoms with Gasteiger partial charge in [0.25, 0.3) is 0 Å². The van der Waals surface area contributed by atoms with Gasteiger partial charge in [0.05, 0.1) is 26.7 Å². The van der Waals surface area contributed by atoms with Gasteiger partial charge in [-0.05, 0) is 55.5 Å². The van der Waals surface area contributed by atoms with Crippen molar-refractivity contribution >= 4 is 23.0 Å². The predicted octanol–water partition coefficient (Wildman–Crippen LogP) is 2.71. The molecule has 1 aliphatic heterocycles. The molecule has 0 spiro atoms. The van der Waals surface area contributed by atoms with Crippen LogP contribution in [0.1, 0.15) is 30.0 Å². The van der Waals surface area contributed by atoms with Crippen molar-refractivity contribution in [1.82, 2.24) is 5.32 Å². The van der Waals surface area contributed by atoms with Crippen LogP contribution in [0.3, 0.4) is 0 Å². The molecule has 4 nitrogen and oxygen atoms in total. The number of thiocarbonyl (C=S) groups is 1. The number of methoxy groups -OCH3 is 1. The Hall–Kier alpha value is -2.11. The van der Waals surface area contributed by atoms with Crippen LogP contribution in [-0.4, -0.2) is 31.9 Å². The van der Waals surface area contributed by atoms with Crippen molar-refractivity contribution in [1.29, 1.82) is 0 Å². The molecular formula is C21H28N3OS+. The van der Waals surface area contributed by atoms with Gasteiger partial charge >= 0.3 is 0 Å². The summed E-state index contributed by atoms with van der Waals surface area (Å²) in [7, 11) is 1.70. The van der Waals surface area contributed by atoms with Gasteiger partial charge in [-0.2, -0.15) is 0 Å². The van der Waals surface area contributed by atoms with Gasteiger partial charge in [0, 0.05) is 24.1 Å². The maximum atomic E-state index is 5.50. The van der Waals surface area contributed by atoms with Crippen LogP contribution >= 0.6 is 12.2 Å². The number of hydrogen-bond donors (Lipinski definition) is 3. The molecule has 1 atom stereocenters. The maximum Gasteiger partial charge on any atom is 0.171 e. The minimum absolute atomic E-state index is 0.390. The van der Waals surface area contributed by atoms with Crippen LogP contribution in [-0.2, 0) is 0 Å². The first-order valence-corrected chi connectivity index (χ1v) is 9.66. The molecular weight excluding hydrogens is 342 g/mol. The standard InChI is InChI=1S/C21H27N3OS/c1-16-5-9-18(10-6-16)23-21(26)22-15-20(24-13-3-4-14-24)17-7-11-19(25-2)12-8-17/h5-12,20H,3-4,13-15H2,1-2H3,(H2,22,23,26)/p+1/t20-/m0/s1. The topological polar surface area (TPSA) is 37.7 Å². The Morgan fingerprint density at radius 1 is 1.08 bits per heavy atom. The summed E-state index contributed by atoms with van der Waals surface area (Å²) in [5.74, 6) is 0.897. The lowest BCUT2D eigenvalue weighted by atomic mass is 10.1. The highest BCUT2D eigenvalue weighted by Crippen LogP contribution is 2.16. The van der Waals surface area contributed by atoms with E-state index in [2.05, 4.69) is 54.0 Å². The second kappa shape index (κ2) is 9.01. The SMILES string of the molecule is COc1ccc([C@H](CNC(=S)Nc2ccc(C)cc2)[NH+]2CCCC2)cc1. The summed E-state index contributed by atoms with van der Waals surface area (Å²) in [5, 5.41) is 7.37. The second-order valence-electron chi connectivity index (χ2n) is 6.89. The van der Waals surface area contributed by atoms with E-state index in [1.165, 1.54) is 37.1 Å². The van der Waals surface area contributed by atoms with E-state index in [9.17, 15) is 0 Å². The van der Waals surface area contributed by atoms with Crippen molar-refractivity contribution in [2.75, 3.05) is 32.1 Å². The molecule has 1 fully saturated rings. The first-order valence-electron chi connectivity index (χ1n) is 9.26. The summed E-state index contributed by atoms with van der Waals surface area (Å²) in [6, 6.07) is 17.1. The van der Waals surface area contributed by atoms with E-state index in [0.717, 1.165) is 18.0 Å². The third kappa shape index (κ3) is 4.96. The van der Waals surface area contributed by atoms with E-state index >= 15 is 0 Å². The summed E-state index contributed by atoms with van der Waals surface area (Å²) >= 11 is 5.50. The average Bonchev–Trinajstić information content (AvgIpc) is 3.19. The van der Waals surface area contributed by atoms with Crippen molar-refractivity contribution in [3.05, 3.63) is 59.7 Å². The lowest BCUT2D eigenvalue weighted by molar-refractivity contribution is -0.918. The fraction of sp³-hybridized carbons (Fsp3) is 0.381. The molecule has 1 heterocycles. The zero-order chi connectivity index (χ0) is 18.4. The molecule has 5 heteroatoms. The van der Waals surface area contributed by atoms with Crippen molar-refractivity contribution < 1.29 is 9.64 Å². The van der Waals surface area contributed by atoms with E-state index < -0.39 is 0 Å². The number of anilines is 1. The summed E-state index contributed by atoms with van der Waals surface area (Å²) in [4.78, 5) is 1.63. The molecule has 2 aromatic rings. The van der Waals surface area contributed by atoms with Crippen molar-refractivity contribution in [2.24, 2.45) is 0 Å². The summed E-state index contributed by atoms with van der Waals surface area (Å²) in [6.07, 6.45) is 2.60. The van der Waals surface area contributed by atoms with E-state index in [1.54, 1.807) is 12.0 Å². The average molecular weight is 371 g/mol. The Balaban J connectivity index is 1.63. The molecule has 3 N–H and O–H groups in total. The molecule has 0 saturated carbocycles. The van der Waals surface area contributed by atoms with Crippen molar-refractivity contribution in [3.63, 3.8) is 0 Å². The normalized spacial score (nSPS) is 15.5. The monoisotopic (exact) mass is 370 g/mol. The second-order valence-corrected chi connectivity index (χ2v) is 7.30. The number of aryl methyl sites for hydroxylation is 1. The van der Waals surface area contributed by atoms with Gasteiger partial charge < -0.3 is 20.3 Å². The molecule has 0 aromatic heterocycles. The Morgan fingerprint density at radius 2 is 1.73 bits per heavy atom. The number of nitrogens with one attached hydrogen (secondary N) is 3. The van der Waals surface area contributed by atoms with Gasteiger partial charge in [-0.25, -0.2) is 0 Å². The first kappa shape index (κ1) is 18.7. The highest BCUT2D eigenvalue weighted by Gasteiger charge is 2.27. The number of hydrogen-bond acceptors (Lipinski definition) is 2. The molecule has 0 unspecified atom stereocenters. The van der Waals surface area contributed by atoms with Gasteiger partial charge in [0.15, 0.2) is 5.11 Å². The molecule has 0 bridgehead atoms. The molecule has 1 aliphatic rings. The third-order valence-electron chi connectivity index (χ3n) is 5.03. The molecule has 2 aromatic carbocycles. The Labute approximate surface area is 161 Å². The minimum atomic E-state index is 0.390. The van der Waals surface area contributed by atoms with Crippen molar-refractivity contribution in [2.45, 2.75) is 25.8 Å². The predicted molar refractivity (Wildman–Crippen MR) is 111 cm³/mol. The zero-order valence-corrected chi connectivity index (χ0v) is 16.4. The van der Waals surface area contributed by atoms with Crippen LogP contribution in [0.25, 0.3) is 0 Å². The number of benzene rings is 2. The Morgan fingerprint density at radius 3 is 2.35 bits per heavy atom. The smallest absolute Gasteiger partial charge is 0.171 e. The summed E-state index contributed by atoms with van der Waals surface area (Å²) < 4.78 is 5.29. The molecule has 0 aliphatic carbocycles. The van der Waals surface area contributed by atoms with Gasteiger partial charge in [-0.1, -0.05) is 17.7 Å². The number of quaternary nitrogens is 1. The van der Waals surface area contributed by atoms with E-state index in [4.69, 9.17) is 17.0 Å². The van der Waals surface area contributed by atoms with Crippen LogP contribution in [0, 0.1) is 6.92 Å². The quantitative estimate of drug-likeness (QED) is 0.684. The zero-order valence-electron chi connectivity index (χ0n) is 15.5. The van der Waals surface area contributed by atoms with Crippen LogP contribution in [0.5, 0.6) is 5.75 Å². The van der Waals surface area contributed by atoms with Crippen LogP contribution in [0.2, 0.25) is 0 Å². The van der Waals surface area contributed by atoms with E-state index in [-0.39, 0.29) is 0 Å². The largest absolute Gasteiger partial charge is 0.497 e. The first-order chi connectivity index (χ1) is 12.7. The van der Waals surface area contributed by atoms with Crippen molar-refractivity contribution in [3.8, 4) is 5.75 Å². The Bertz CT molecular complexity index is 709. The molecule has 0 amide bonds. The molecule has 3 rings (SSSR count). The minimum Gasteiger partial charge on any atom is -0.497 e. The van der Waals surface area contributed by atoms with Crippen LogP contribution in [0.15, 0.2) is 48.5 Å². The molecule has 26 heavy (non-hydrogen) atoms. The highest BCUT2D eigenvalue weighted by molar-refractivity contribution is 7.80. The lowest BCUT2D eigenvalue weighted by Crippen LogP contribution is -3.11. The fourth-order valence-corrected chi connectivity index (χ4v) is 3.72. The fourth-order valence-electron chi connectivity index (χ4n) is 3.52. The summed E-state index contributed by atoms with van der Waals surface area (Å²) in [6.45, 7) is 5.34. The molecule has 1 saturated heterocycles. The lowest BCUT2D eigenvalue weighted by Gasteiger charge is -2.26. The van der Waals surface area contributed by atoms with Gasteiger partial charge in [-0.15, -0.1) is 0 Å². The van der Waals surface area contributed by atoms with E-state index in [0.29, 0.717) is 11.2 Å². The number of likely N-dealkylation sites (tertiary alicyclic amines) is 1. The molecule has 0 radical (unpaired) electrons. The van der Waals surface area contributed by atoms with Gasteiger partial charge in [-0.3, -0.25) is 0 Å². The van der Waals surface area contributed by atoms with Crippen LogP contribution < -0.4 is 20.3 Å². The number of rotatable bonds is 6. The van der Waals surface area contributed by atoms with Gasteiger partial charge in [0.2, 0.25) is 0 Å². The third-order valence-corrected chi connectivity index (χ3v) is 5.28. The highest BCUT2D eigenvalue weighted by atomic mass is 32.1. The van der Waals surface area contributed by atoms with E-state index in [1.807, 2.05) is 12.1 Å².